The van der Waals surface area contributed by atoms with Crippen molar-refractivity contribution < 1.29 is 54.8 Å². The molecule has 4 aromatic carbocycles. The van der Waals surface area contributed by atoms with Crippen LogP contribution in [-0.2, 0) is 17.8 Å². The van der Waals surface area contributed by atoms with Crippen molar-refractivity contribution in [2.75, 3.05) is 0 Å². The number of ether oxygens (including phenoxy) is 3. The molecule has 0 amide bonds. The van der Waals surface area contributed by atoms with Crippen molar-refractivity contribution in [1.82, 2.24) is 0 Å². The minimum Gasteiger partial charge on any atom is -0.508 e. The van der Waals surface area contributed by atoms with Crippen LogP contribution in [0.15, 0.2) is 66.7 Å². The SMILES string of the molecule is O=C(O[C@@H]1Cc2c(O)cc(O)cc2O[C@@H]1c1cc(O)c(O)c(O)c1)c1cc(O)c(OCc2ccccc2)c(O)c1. The molecule has 0 saturated heterocycles. The molecule has 1 heterocycles. The molecule has 0 aliphatic carbocycles. The van der Waals surface area contributed by atoms with Crippen LogP contribution in [0.5, 0.6) is 51.7 Å². The lowest BCUT2D eigenvalue weighted by atomic mass is 9.93. The van der Waals surface area contributed by atoms with Crippen molar-refractivity contribution in [1.29, 1.82) is 0 Å². The topological polar surface area (TPSA) is 186 Å². The van der Waals surface area contributed by atoms with Gasteiger partial charge in [0, 0.05) is 29.7 Å². The maximum Gasteiger partial charge on any atom is 0.338 e. The van der Waals surface area contributed by atoms with Crippen LogP contribution in [0.25, 0.3) is 0 Å². The lowest BCUT2D eigenvalue weighted by molar-refractivity contribution is -0.0189. The first-order valence-electron chi connectivity index (χ1n) is 12.0. The number of aromatic hydroxyl groups is 7. The molecule has 0 unspecified atom stereocenters. The number of benzene rings is 4. The Hall–Kier alpha value is -5.45. The first-order valence-corrected chi connectivity index (χ1v) is 12.0. The fourth-order valence-electron chi connectivity index (χ4n) is 4.42. The quantitative estimate of drug-likeness (QED) is 0.136. The van der Waals surface area contributed by atoms with Crippen molar-refractivity contribution in [2.45, 2.75) is 25.2 Å². The zero-order chi connectivity index (χ0) is 28.6. The average Bonchev–Trinajstić information content (AvgIpc) is 2.91. The van der Waals surface area contributed by atoms with Crippen LogP contribution in [-0.4, -0.2) is 47.8 Å². The summed E-state index contributed by atoms with van der Waals surface area (Å²) in [6.45, 7) is 0.0532. The Labute approximate surface area is 226 Å². The molecule has 1 aliphatic rings. The number of carbonyl (C=O) groups excluding carboxylic acids is 1. The van der Waals surface area contributed by atoms with Gasteiger partial charge in [-0.05, 0) is 29.8 Å². The van der Waals surface area contributed by atoms with Crippen molar-refractivity contribution in [3.63, 3.8) is 0 Å². The molecule has 2 atom stereocenters. The van der Waals surface area contributed by atoms with Crippen molar-refractivity contribution in [3.05, 3.63) is 89.0 Å². The van der Waals surface area contributed by atoms with Gasteiger partial charge in [-0.25, -0.2) is 4.79 Å². The molecule has 11 heteroatoms. The second-order valence-electron chi connectivity index (χ2n) is 9.15. The summed E-state index contributed by atoms with van der Waals surface area (Å²) in [6.07, 6.45) is -2.46. The monoisotopic (exact) mass is 548 g/mol. The zero-order valence-electron chi connectivity index (χ0n) is 20.7. The number of hydrogen-bond donors (Lipinski definition) is 7. The Morgan fingerprint density at radius 3 is 2.10 bits per heavy atom. The molecule has 0 saturated carbocycles. The van der Waals surface area contributed by atoms with E-state index in [4.69, 9.17) is 14.2 Å². The first kappa shape index (κ1) is 26.2. The molecule has 5 rings (SSSR count). The molecule has 7 N–H and O–H groups in total. The van der Waals surface area contributed by atoms with E-state index >= 15 is 0 Å². The molecule has 0 radical (unpaired) electrons. The summed E-state index contributed by atoms with van der Waals surface area (Å²) in [5.74, 6) is -4.84. The van der Waals surface area contributed by atoms with E-state index in [-0.39, 0.29) is 52.7 Å². The van der Waals surface area contributed by atoms with E-state index in [1.807, 2.05) is 18.2 Å². The summed E-state index contributed by atoms with van der Waals surface area (Å²) in [4.78, 5) is 13.1. The molecule has 4 aromatic rings. The summed E-state index contributed by atoms with van der Waals surface area (Å²) < 4.78 is 17.1. The standard InChI is InChI=1S/C29H24O11/c30-17-10-19(31)18-12-25(27(39-24(18)11-17)15-6-20(32)26(36)21(33)7-15)40-29(37)16-8-22(34)28(23(35)9-16)38-13-14-4-2-1-3-5-14/h1-11,25,27,30-36H,12-13H2/t25-,27-/m1/s1. The Balaban J connectivity index is 1.43. The van der Waals surface area contributed by atoms with Crippen molar-refractivity contribution >= 4 is 5.97 Å². The zero-order valence-corrected chi connectivity index (χ0v) is 20.7. The van der Waals surface area contributed by atoms with E-state index in [0.29, 0.717) is 0 Å². The molecular weight excluding hydrogens is 524 g/mol. The third-order valence-corrected chi connectivity index (χ3v) is 6.36. The van der Waals surface area contributed by atoms with Gasteiger partial charge in [-0.2, -0.15) is 0 Å². The number of phenolic OH excluding ortho intramolecular Hbond substituents is 7. The molecule has 1 aliphatic heterocycles. The molecule has 206 valence electrons. The van der Waals surface area contributed by atoms with Crippen LogP contribution < -0.4 is 9.47 Å². The van der Waals surface area contributed by atoms with Gasteiger partial charge in [0.1, 0.15) is 30.0 Å². The van der Waals surface area contributed by atoms with Crippen molar-refractivity contribution in [2.24, 2.45) is 0 Å². The Kier molecular flexibility index (Phi) is 6.78. The predicted molar refractivity (Wildman–Crippen MR) is 138 cm³/mol. The number of fused-ring (bicyclic) bond motifs is 1. The van der Waals surface area contributed by atoms with Gasteiger partial charge in [-0.3, -0.25) is 0 Å². The normalized spacial score (nSPS) is 16.0. The summed E-state index contributed by atoms with van der Waals surface area (Å²) in [5, 5.41) is 71.0. The molecule has 0 aromatic heterocycles. The second-order valence-corrected chi connectivity index (χ2v) is 9.15. The smallest absolute Gasteiger partial charge is 0.338 e. The molecule has 0 fully saturated rings. The van der Waals surface area contributed by atoms with E-state index < -0.39 is 46.9 Å². The Bertz CT molecular complexity index is 1540. The summed E-state index contributed by atoms with van der Waals surface area (Å²) in [7, 11) is 0. The highest BCUT2D eigenvalue weighted by atomic mass is 16.6. The largest absolute Gasteiger partial charge is 0.508 e. The van der Waals surface area contributed by atoms with E-state index in [1.54, 1.807) is 12.1 Å². The van der Waals surface area contributed by atoms with Gasteiger partial charge in [0.15, 0.2) is 34.9 Å². The fourth-order valence-corrected chi connectivity index (χ4v) is 4.42. The van der Waals surface area contributed by atoms with E-state index in [9.17, 15) is 40.5 Å². The van der Waals surface area contributed by atoms with Crippen LogP contribution in [0.3, 0.4) is 0 Å². The molecular formula is C29H24O11. The number of esters is 1. The third-order valence-electron chi connectivity index (χ3n) is 6.36. The van der Waals surface area contributed by atoms with Gasteiger partial charge in [0.2, 0.25) is 5.75 Å². The predicted octanol–water partition coefficient (Wildman–Crippen LogP) is 4.11. The maximum atomic E-state index is 13.1. The highest BCUT2D eigenvalue weighted by molar-refractivity contribution is 5.91. The van der Waals surface area contributed by atoms with E-state index in [2.05, 4.69) is 0 Å². The minimum atomic E-state index is -1.18. The highest BCUT2D eigenvalue weighted by Gasteiger charge is 2.37. The second kappa shape index (κ2) is 10.4. The van der Waals surface area contributed by atoms with Gasteiger partial charge < -0.3 is 50.0 Å². The fraction of sp³-hybridized carbons (Fsp3) is 0.138. The molecule has 0 spiro atoms. The van der Waals surface area contributed by atoms with Crippen LogP contribution in [0.2, 0.25) is 0 Å². The summed E-state index contributed by atoms with van der Waals surface area (Å²) in [5.41, 5.74) is 0.887. The Morgan fingerprint density at radius 2 is 1.45 bits per heavy atom. The minimum absolute atomic E-state index is 0.0532. The number of hydrogen-bond acceptors (Lipinski definition) is 11. The number of phenols is 7. The lowest BCUT2D eigenvalue weighted by Gasteiger charge is -2.34. The van der Waals surface area contributed by atoms with Gasteiger partial charge in [0.25, 0.3) is 0 Å². The van der Waals surface area contributed by atoms with Gasteiger partial charge in [0.05, 0.1) is 5.56 Å². The third kappa shape index (κ3) is 5.12. The van der Waals surface area contributed by atoms with Crippen LogP contribution in [0, 0.1) is 0 Å². The van der Waals surface area contributed by atoms with Gasteiger partial charge in [-0.15, -0.1) is 0 Å². The number of rotatable bonds is 6. The van der Waals surface area contributed by atoms with Crippen LogP contribution in [0.1, 0.15) is 33.2 Å². The van der Waals surface area contributed by atoms with E-state index in [1.165, 1.54) is 6.07 Å². The van der Waals surface area contributed by atoms with E-state index in [0.717, 1.165) is 35.9 Å². The maximum absolute atomic E-state index is 13.1. The summed E-state index contributed by atoms with van der Waals surface area (Å²) in [6, 6.07) is 15.7. The summed E-state index contributed by atoms with van der Waals surface area (Å²) >= 11 is 0. The first-order chi connectivity index (χ1) is 19.1. The molecule has 0 bridgehead atoms. The number of carbonyl (C=O) groups is 1. The van der Waals surface area contributed by atoms with Gasteiger partial charge >= 0.3 is 5.97 Å². The molecule has 11 nitrogen and oxygen atoms in total. The van der Waals surface area contributed by atoms with Crippen molar-refractivity contribution in [3.8, 4) is 51.7 Å². The van der Waals surface area contributed by atoms with Crippen LogP contribution in [0.4, 0.5) is 0 Å². The van der Waals surface area contributed by atoms with Gasteiger partial charge in [-0.1, -0.05) is 30.3 Å². The lowest BCUT2D eigenvalue weighted by Crippen LogP contribution is -2.34. The highest BCUT2D eigenvalue weighted by Crippen LogP contribution is 2.46. The average molecular weight is 549 g/mol. The molecule has 40 heavy (non-hydrogen) atoms. The van der Waals surface area contributed by atoms with Crippen LogP contribution >= 0.6 is 0 Å². The Morgan fingerprint density at radius 1 is 0.800 bits per heavy atom.